The van der Waals surface area contributed by atoms with Crippen molar-refractivity contribution >= 4 is 17.9 Å². The smallest absolute Gasteiger partial charge is 0.306 e. The topological polar surface area (TPSA) is 78.9 Å². The fraction of sp³-hybridized carbons (Fsp3) is 0.797. The molecule has 1 unspecified atom stereocenters. The summed E-state index contributed by atoms with van der Waals surface area (Å²) < 4.78 is 16.9. The third-order valence-corrected chi connectivity index (χ3v) is 13.3. The Labute approximate surface area is 434 Å². The summed E-state index contributed by atoms with van der Waals surface area (Å²) in [6.07, 6.45) is 73.5. The number of allylic oxidation sites excluding steroid dienone is 10. The van der Waals surface area contributed by atoms with Gasteiger partial charge in [0, 0.05) is 19.3 Å². The van der Waals surface area contributed by atoms with Gasteiger partial charge in [-0.25, -0.2) is 0 Å². The molecule has 0 aromatic heterocycles. The van der Waals surface area contributed by atoms with Gasteiger partial charge in [0.1, 0.15) is 13.2 Å². The van der Waals surface area contributed by atoms with Crippen molar-refractivity contribution in [2.24, 2.45) is 0 Å². The van der Waals surface area contributed by atoms with Crippen LogP contribution in [0.2, 0.25) is 0 Å². The normalized spacial score (nSPS) is 12.4. The molecule has 0 saturated carbocycles. The van der Waals surface area contributed by atoms with Crippen LogP contribution in [-0.4, -0.2) is 37.2 Å². The number of rotatable bonds is 55. The van der Waals surface area contributed by atoms with Crippen LogP contribution in [0, 0.1) is 0 Å². The number of carbonyl (C=O) groups is 3. The van der Waals surface area contributed by atoms with E-state index in [0.29, 0.717) is 19.3 Å². The van der Waals surface area contributed by atoms with E-state index in [0.717, 1.165) is 96.3 Å². The molecule has 0 N–H and O–H groups in total. The molecule has 0 aliphatic heterocycles. The highest BCUT2D eigenvalue weighted by Gasteiger charge is 2.19. The van der Waals surface area contributed by atoms with E-state index in [1.54, 1.807) is 0 Å². The Morgan fingerprint density at radius 1 is 0.286 bits per heavy atom. The highest BCUT2D eigenvalue weighted by molar-refractivity contribution is 5.71. The Balaban J connectivity index is 4.43. The summed E-state index contributed by atoms with van der Waals surface area (Å²) in [4.78, 5) is 38.2. The molecule has 0 amide bonds. The van der Waals surface area contributed by atoms with Gasteiger partial charge < -0.3 is 14.2 Å². The first-order valence-corrected chi connectivity index (χ1v) is 30.3. The molecule has 6 nitrogen and oxygen atoms in total. The lowest BCUT2D eigenvalue weighted by atomic mass is 10.0. The number of esters is 3. The minimum Gasteiger partial charge on any atom is -0.462 e. The van der Waals surface area contributed by atoms with Crippen LogP contribution in [0.5, 0.6) is 0 Å². The van der Waals surface area contributed by atoms with E-state index in [1.165, 1.54) is 173 Å². The monoisotopic (exact) mass is 979 g/mol. The molecule has 0 saturated heterocycles. The van der Waals surface area contributed by atoms with Gasteiger partial charge in [0.2, 0.25) is 0 Å². The zero-order valence-electron chi connectivity index (χ0n) is 46.5. The molecule has 70 heavy (non-hydrogen) atoms. The predicted octanol–water partition coefficient (Wildman–Crippen LogP) is 20.4. The summed E-state index contributed by atoms with van der Waals surface area (Å²) in [5, 5.41) is 0. The van der Waals surface area contributed by atoms with Crippen molar-refractivity contribution < 1.29 is 28.6 Å². The fourth-order valence-corrected chi connectivity index (χ4v) is 8.73. The van der Waals surface area contributed by atoms with Crippen LogP contribution in [0.3, 0.4) is 0 Å². The minimum atomic E-state index is -0.790. The molecule has 0 heterocycles. The van der Waals surface area contributed by atoms with Crippen LogP contribution < -0.4 is 0 Å². The Bertz CT molecular complexity index is 1260. The first kappa shape index (κ1) is 67.1. The van der Waals surface area contributed by atoms with Crippen molar-refractivity contribution in [1.82, 2.24) is 0 Å². The summed E-state index contributed by atoms with van der Waals surface area (Å²) in [6, 6.07) is 0. The van der Waals surface area contributed by atoms with Gasteiger partial charge >= 0.3 is 17.9 Å². The molecule has 0 aliphatic carbocycles. The number of hydrogen-bond acceptors (Lipinski definition) is 6. The van der Waals surface area contributed by atoms with Gasteiger partial charge in [0.05, 0.1) is 0 Å². The van der Waals surface area contributed by atoms with Crippen LogP contribution in [0.1, 0.15) is 310 Å². The molecule has 0 spiro atoms. The molecule has 0 radical (unpaired) electrons. The maximum Gasteiger partial charge on any atom is 0.306 e. The maximum absolute atomic E-state index is 12.9. The third kappa shape index (κ3) is 56.0. The van der Waals surface area contributed by atoms with E-state index < -0.39 is 6.10 Å². The standard InChI is InChI=1S/C64H114O6/c1-4-7-10-13-16-19-22-25-28-31-33-36-39-42-45-48-51-54-57-63(66)69-60-61(59-68-62(65)56-53-50-47-44-41-38-35-30-27-24-21-18-15-12-9-6-3)70-64(67)58-55-52-49-46-43-40-37-34-32-29-26-23-20-17-14-11-8-5-2/h22,25,28-29,31-34,36-37,61H,4-21,23-24,26-27,30,35,38-60H2,1-3H3/b25-22-,31-28-,32-29-,36-33-,37-34-. The van der Waals surface area contributed by atoms with Crippen molar-refractivity contribution in [1.29, 1.82) is 0 Å². The van der Waals surface area contributed by atoms with Crippen LogP contribution in [0.4, 0.5) is 0 Å². The molecular weight excluding hydrogens is 865 g/mol. The van der Waals surface area contributed by atoms with E-state index in [9.17, 15) is 14.4 Å². The lowest BCUT2D eigenvalue weighted by Crippen LogP contribution is -2.30. The van der Waals surface area contributed by atoms with Crippen LogP contribution in [0.25, 0.3) is 0 Å². The number of hydrogen-bond donors (Lipinski definition) is 0. The second kappa shape index (κ2) is 58.7. The highest BCUT2D eigenvalue weighted by atomic mass is 16.6. The van der Waals surface area contributed by atoms with Crippen molar-refractivity contribution in [2.45, 2.75) is 316 Å². The molecule has 0 bridgehead atoms. The Morgan fingerprint density at radius 2 is 0.514 bits per heavy atom. The van der Waals surface area contributed by atoms with Gasteiger partial charge in [-0.15, -0.1) is 0 Å². The van der Waals surface area contributed by atoms with E-state index in [-0.39, 0.29) is 31.1 Å². The summed E-state index contributed by atoms with van der Waals surface area (Å²) in [5.41, 5.74) is 0. The Morgan fingerprint density at radius 3 is 0.800 bits per heavy atom. The molecule has 6 heteroatoms. The Hall–Kier alpha value is -2.89. The van der Waals surface area contributed by atoms with Crippen LogP contribution >= 0.6 is 0 Å². The molecule has 0 fully saturated rings. The fourth-order valence-electron chi connectivity index (χ4n) is 8.73. The molecule has 0 rings (SSSR count). The lowest BCUT2D eigenvalue weighted by Gasteiger charge is -2.18. The molecule has 1 atom stereocenters. The molecule has 0 aliphatic rings. The van der Waals surface area contributed by atoms with Crippen LogP contribution in [-0.2, 0) is 28.6 Å². The third-order valence-electron chi connectivity index (χ3n) is 13.3. The summed E-state index contributed by atoms with van der Waals surface area (Å²) in [5.74, 6) is -0.905. The first-order chi connectivity index (χ1) is 34.5. The van der Waals surface area contributed by atoms with Crippen molar-refractivity contribution in [2.75, 3.05) is 13.2 Å². The molecule has 0 aromatic carbocycles. The van der Waals surface area contributed by atoms with Crippen molar-refractivity contribution in [3.05, 3.63) is 60.8 Å². The molecule has 0 aromatic rings. The summed E-state index contributed by atoms with van der Waals surface area (Å²) in [7, 11) is 0. The Kier molecular flexibility index (Phi) is 56.3. The van der Waals surface area contributed by atoms with Gasteiger partial charge in [0.15, 0.2) is 6.10 Å². The largest absolute Gasteiger partial charge is 0.462 e. The number of unbranched alkanes of at least 4 members (excludes halogenated alkanes) is 37. The zero-order valence-corrected chi connectivity index (χ0v) is 46.5. The summed E-state index contributed by atoms with van der Waals surface area (Å²) >= 11 is 0. The predicted molar refractivity (Wildman–Crippen MR) is 302 cm³/mol. The van der Waals surface area contributed by atoms with Gasteiger partial charge in [-0.1, -0.05) is 281 Å². The minimum absolute atomic E-state index is 0.0846. The maximum atomic E-state index is 12.9. The SMILES string of the molecule is CCCCCCC\C=C/C=C\C=C/CCCCCCCC(=O)OCC(COC(=O)CCCCCCCCCCCCCCCCCC)OC(=O)CCCCCCC/C=C\C=C/CCCCCCCCC. The van der Waals surface area contributed by atoms with Gasteiger partial charge in [-0.3, -0.25) is 14.4 Å². The van der Waals surface area contributed by atoms with Gasteiger partial charge in [-0.2, -0.15) is 0 Å². The average Bonchev–Trinajstić information content (AvgIpc) is 3.36. The van der Waals surface area contributed by atoms with Crippen LogP contribution in [0.15, 0.2) is 60.8 Å². The second-order valence-corrected chi connectivity index (χ2v) is 20.4. The molecule has 406 valence electrons. The highest BCUT2D eigenvalue weighted by Crippen LogP contribution is 2.16. The quantitative estimate of drug-likeness (QED) is 0.0261. The van der Waals surface area contributed by atoms with Crippen molar-refractivity contribution in [3.8, 4) is 0 Å². The number of ether oxygens (including phenoxy) is 3. The van der Waals surface area contributed by atoms with Gasteiger partial charge in [-0.05, 0) is 70.6 Å². The lowest BCUT2D eigenvalue weighted by molar-refractivity contribution is -0.167. The van der Waals surface area contributed by atoms with E-state index in [1.807, 2.05) is 0 Å². The summed E-state index contributed by atoms with van der Waals surface area (Å²) in [6.45, 7) is 6.63. The van der Waals surface area contributed by atoms with Gasteiger partial charge in [0.25, 0.3) is 0 Å². The van der Waals surface area contributed by atoms with E-state index >= 15 is 0 Å². The second-order valence-electron chi connectivity index (χ2n) is 20.4. The zero-order chi connectivity index (χ0) is 50.7. The first-order valence-electron chi connectivity index (χ1n) is 30.3. The van der Waals surface area contributed by atoms with E-state index in [2.05, 4.69) is 81.5 Å². The molecular formula is C64H114O6. The van der Waals surface area contributed by atoms with E-state index in [4.69, 9.17) is 14.2 Å². The average molecular weight is 980 g/mol. The van der Waals surface area contributed by atoms with Crippen molar-refractivity contribution in [3.63, 3.8) is 0 Å². The number of carbonyl (C=O) groups excluding carboxylic acids is 3.